The molecule has 1 aromatic rings. The fourth-order valence-electron chi connectivity index (χ4n) is 2.49. The first kappa shape index (κ1) is 21.2. The minimum atomic E-state index is -4.67. The summed E-state index contributed by atoms with van der Waals surface area (Å²) in [4.78, 5) is 16.5. The van der Waals surface area contributed by atoms with Gasteiger partial charge in [0.1, 0.15) is 17.9 Å². The second kappa shape index (κ2) is 7.47. The van der Waals surface area contributed by atoms with Gasteiger partial charge in [-0.3, -0.25) is 0 Å². The molecule has 1 saturated heterocycles. The molecule has 0 aliphatic carbocycles. The predicted molar refractivity (Wildman–Crippen MR) is 85.6 cm³/mol. The number of pyridine rings is 1. The maximum Gasteiger partial charge on any atom is 0.433 e. The van der Waals surface area contributed by atoms with Crippen LogP contribution in [0.5, 0.6) is 5.88 Å². The number of amides is 1. The van der Waals surface area contributed by atoms with Crippen molar-refractivity contribution in [1.82, 2.24) is 9.88 Å². The van der Waals surface area contributed by atoms with Crippen molar-refractivity contribution in [3.05, 3.63) is 23.9 Å². The van der Waals surface area contributed by atoms with Gasteiger partial charge in [0.05, 0.1) is 5.92 Å². The van der Waals surface area contributed by atoms with Crippen LogP contribution < -0.4 is 4.74 Å². The molecule has 0 radical (unpaired) electrons. The van der Waals surface area contributed by atoms with E-state index < -0.39 is 54.3 Å². The first-order chi connectivity index (χ1) is 12.3. The Kier molecular flexibility index (Phi) is 5.86. The molecule has 5 nitrogen and oxygen atoms in total. The standard InChI is InChI=1S/C17H21F5N2O3/c1-15(2,3)27-14(25)24-8-7-16(18,19)11(9-24)10-26-13-6-4-5-12(23-13)17(20,21)22/h4-6,11H,7-10H2,1-3H3. The van der Waals surface area contributed by atoms with Gasteiger partial charge in [-0.2, -0.15) is 13.2 Å². The number of likely N-dealkylation sites (tertiary alicyclic amines) is 1. The van der Waals surface area contributed by atoms with Crippen molar-refractivity contribution in [2.75, 3.05) is 19.7 Å². The molecule has 0 bridgehead atoms. The van der Waals surface area contributed by atoms with Gasteiger partial charge >= 0.3 is 12.3 Å². The number of rotatable bonds is 3. The summed E-state index contributed by atoms with van der Waals surface area (Å²) in [6.07, 6.45) is -5.97. The molecule has 0 spiro atoms. The molecule has 1 amide bonds. The van der Waals surface area contributed by atoms with Crippen LogP contribution in [0.2, 0.25) is 0 Å². The zero-order valence-electron chi connectivity index (χ0n) is 15.1. The Morgan fingerprint density at radius 2 is 1.96 bits per heavy atom. The molecule has 152 valence electrons. The number of ether oxygens (including phenoxy) is 2. The topological polar surface area (TPSA) is 51.7 Å². The molecule has 1 aliphatic heterocycles. The minimum absolute atomic E-state index is 0.180. The molecule has 1 aromatic heterocycles. The lowest BCUT2D eigenvalue weighted by Gasteiger charge is -2.38. The van der Waals surface area contributed by atoms with E-state index >= 15 is 0 Å². The summed E-state index contributed by atoms with van der Waals surface area (Å²) in [5, 5.41) is 0. The Hall–Kier alpha value is -2.13. The van der Waals surface area contributed by atoms with Crippen LogP contribution in [0.4, 0.5) is 26.7 Å². The van der Waals surface area contributed by atoms with Crippen LogP contribution in [0.3, 0.4) is 0 Å². The Morgan fingerprint density at radius 3 is 2.56 bits per heavy atom. The van der Waals surface area contributed by atoms with Crippen LogP contribution in [0.15, 0.2) is 18.2 Å². The third-order valence-corrected chi connectivity index (χ3v) is 3.85. The van der Waals surface area contributed by atoms with Gasteiger partial charge in [0.2, 0.25) is 5.88 Å². The zero-order chi connectivity index (χ0) is 20.5. The van der Waals surface area contributed by atoms with Crippen LogP contribution in [-0.2, 0) is 10.9 Å². The molecule has 27 heavy (non-hydrogen) atoms. The van der Waals surface area contributed by atoms with Crippen molar-refractivity contribution >= 4 is 6.09 Å². The summed E-state index contributed by atoms with van der Waals surface area (Å²) in [5.74, 6) is -4.93. The van der Waals surface area contributed by atoms with E-state index in [1.54, 1.807) is 20.8 Å². The summed E-state index contributed by atoms with van der Waals surface area (Å²) in [6.45, 7) is 3.87. The van der Waals surface area contributed by atoms with E-state index in [1.807, 2.05) is 0 Å². The number of carbonyl (C=O) groups excluding carboxylic acids is 1. The maximum atomic E-state index is 14.2. The van der Waals surface area contributed by atoms with Crippen molar-refractivity contribution in [3.8, 4) is 5.88 Å². The van der Waals surface area contributed by atoms with Crippen molar-refractivity contribution in [1.29, 1.82) is 0 Å². The van der Waals surface area contributed by atoms with Crippen molar-refractivity contribution in [2.45, 2.75) is 44.9 Å². The van der Waals surface area contributed by atoms with Crippen molar-refractivity contribution in [2.24, 2.45) is 5.92 Å². The summed E-state index contributed by atoms with van der Waals surface area (Å²) >= 11 is 0. The number of aromatic nitrogens is 1. The van der Waals surface area contributed by atoms with Crippen LogP contribution in [0.25, 0.3) is 0 Å². The van der Waals surface area contributed by atoms with Gasteiger partial charge in [0, 0.05) is 25.6 Å². The molecule has 1 aliphatic rings. The molecule has 0 aromatic carbocycles. The number of nitrogens with zero attached hydrogens (tertiary/aromatic N) is 2. The highest BCUT2D eigenvalue weighted by atomic mass is 19.4. The first-order valence-corrected chi connectivity index (χ1v) is 8.31. The summed E-state index contributed by atoms with van der Waals surface area (Å²) < 4.78 is 76.6. The third-order valence-electron chi connectivity index (χ3n) is 3.85. The molecular formula is C17H21F5N2O3. The number of carbonyl (C=O) groups is 1. The molecule has 0 saturated carbocycles. The van der Waals surface area contributed by atoms with E-state index in [0.717, 1.165) is 23.1 Å². The molecule has 2 heterocycles. The molecule has 10 heteroatoms. The molecule has 1 fully saturated rings. The highest BCUT2D eigenvalue weighted by molar-refractivity contribution is 5.68. The lowest BCUT2D eigenvalue weighted by Crippen LogP contribution is -2.52. The smallest absolute Gasteiger partial charge is 0.433 e. The van der Waals surface area contributed by atoms with Gasteiger partial charge in [0.15, 0.2) is 0 Å². The normalized spacial score (nSPS) is 20.3. The van der Waals surface area contributed by atoms with E-state index in [2.05, 4.69) is 4.98 Å². The fourth-order valence-corrected chi connectivity index (χ4v) is 2.49. The minimum Gasteiger partial charge on any atom is -0.477 e. The Balaban J connectivity index is 2.04. The fraction of sp³-hybridized carbons (Fsp3) is 0.647. The molecular weight excluding hydrogens is 375 g/mol. The van der Waals surface area contributed by atoms with Gasteiger partial charge in [-0.25, -0.2) is 18.6 Å². The van der Waals surface area contributed by atoms with Gasteiger partial charge in [-0.1, -0.05) is 6.07 Å². The highest BCUT2D eigenvalue weighted by Gasteiger charge is 2.46. The summed E-state index contributed by atoms with van der Waals surface area (Å²) in [5.41, 5.74) is -1.95. The predicted octanol–water partition coefficient (Wildman–Crippen LogP) is 4.37. The van der Waals surface area contributed by atoms with Gasteiger partial charge < -0.3 is 14.4 Å². The molecule has 1 atom stereocenters. The van der Waals surface area contributed by atoms with E-state index in [9.17, 15) is 26.7 Å². The maximum absolute atomic E-state index is 14.2. The number of alkyl halides is 5. The van der Waals surface area contributed by atoms with Crippen LogP contribution in [0.1, 0.15) is 32.9 Å². The van der Waals surface area contributed by atoms with E-state index in [1.165, 1.54) is 0 Å². The van der Waals surface area contributed by atoms with E-state index in [4.69, 9.17) is 9.47 Å². The third kappa shape index (κ3) is 5.93. The SMILES string of the molecule is CC(C)(C)OC(=O)N1CCC(F)(F)C(COc2cccc(C(F)(F)F)n2)C1. The monoisotopic (exact) mass is 396 g/mol. The average Bonchev–Trinajstić information content (AvgIpc) is 2.51. The number of hydrogen-bond acceptors (Lipinski definition) is 4. The molecule has 1 unspecified atom stereocenters. The number of hydrogen-bond donors (Lipinski definition) is 0. The summed E-state index contributed by atoms with van der Waals surface area (Å²) in [6, 6.07) is 2.99. The lowest BCUT2D eigenvalue weighted by atomic mass is 9.94. The van der Waals surface area contributed by atoms with Crippen LogP contribution in [-0.4, -0.2) is 47.2 Å². The quantitative estimate of drug-likeness (QED) is 0.712. The van der Waals surface area contributed by atoms with E-state index in [0.29, 0.717) is 0 Å². The highest BCUT2D eigenvalue weighted by Crippen LogP contribution is 2.35. The number of halogens is 5. The zero-order valence-corrected chi connectivity index (χ0v) is 15.1. The van der Waals surface area contributed by atoms with Crippen molar-refractivity contribution in [3.63, 3.8) is 0 Å². The number of piperidine rings is 1. The Bertz CT molecular complexity index is 673. The average molecular weight is 396 g/mol. The van der Waals surface area contributed by atoms with Crippen LogP contribution >= 0.6 is 0 Å². The van der Waals surface area contributed by atoms with Crippen LogP contribution in [0, 0.1) is 5.92 Å². The van der Waals surface area contributed by atoms with Gasteiger partial charge in [-0.15, -0.1) is 0 Å². The van der Waals surface area contributed by atoms with E-state index in [-0.39, 0.29) is 13.1 Å². The Labute approximate surface area is 153 Å². The second-order valence-corrected chi connectivity index (χ2v) is 7.30. The molecule has 0 N–H and O–H groups in total. The molecule has 2 rings (SSSR count). The largest absolute Gasteiger partial charge is 0.477 e. The second-order valence-electron chi connectivity index (χ2n) is 7.30. The Morgan fingerprint density at radius 1 is 1.30 bits per heavy atom. The first-order valence-electron chi connectivity index (χ1n) is 8.31. The lowest BCUT2D eigenvalue weighted by molar-refractivity contribution is -0.141. The van der Waals surface area contributed by atoms with Gasteiger partial charge in [0.25, 0.3) is 5.92 Å². The van der Waals surface area contributed by atoms with Crippen molar-refractivity contribution < 1.29 is 36.2 Å². The summed E-state index contributed by atoms with van der Waals surface area (Å²) in [7, 11) is 0. The van der Waals surface area contributed by atoms with Gasteiger partial charge in [-0.05, 0) is 26.8 Å².